The average molecular weight is 322 g/mol. The number of ether oxygens (including phenoxy) is 2. The highest BCUT2D eigenvalue weighted by Crippen LogP contribution is 2.25. The van der Waals surface area contributed by atoms with Gasteiger partial charge in [-0.2, -0.15) is 0 Å². The van der Waals surface area contributed by atoms with Crippen LogP contribution in [-0.4, -0.2) is 18.2 Å². The Balaban J connectivity index is 2.58. The SMILES string of the molecule is COC(=O)Oc1c(C(C)C)[nH]cc(-c2ccc(Cl)cc2)c1=O. The van der Waals surface area contributed by atoms with Gasteiger partial charge in [-0.25, -0.2) is 4.79 Å². The Labute approximate surface area is 132 Å². The molecule has 6 heteroatoms. The summed E-state index contributed by atoms with van der Waals surface area (Å²) in [5.74, 6) is -0.0686. The summed E-state index contributed by atoms with van der Waals surface area (Å²) in [6, 6.07) is 6.83. The molecule has 0 aliphatic carbocycles. The standard InChI is InChI=1S/C16H16ClNO4/c1-9(2)13-15(22-16(20)21-3)14(19)12(8-18-13)10-4-6-11(17)7-5-10/h4-9H,1-3H3,(H,18,19). The van der Waals surface area contributed by atoms with Gasteiger partial charge in [0, 0.05) is 16.8 Å². The first-order chi connectivity index (χ1) is 10.4. The van der Waals surface area contributed by atoms with E-state index in [1.54, 1.807) is 30.5 Å². The van der Waals surface area contributed by atoms with Crippen LogP contribution in [0.1, 0.15) is 25.5 Å². The number of hydrogen-bond acceptors (Lipinski definition) is 4. The third-order valence-corrected chi connectivity index (χ3v) is 3.40. The van der Waals surface area contributed by atoms with Gasteiger partial charge in [0.25, 0.3) is 0 Å². The number of aromatic amines is 1. The lowest BCUT2D eigenvalue weighted by Gasteiger charge is -2.13. The minimum atomic E-state index is -0.930. The van der Waals surface area contributed by atoms with Crippen LogP contribution in [0.4, 0.5) is 4.79 Å². The van der Waals surface area contributed by atoms with E-state index in [0.29, 0.717) is 21.8 Å². The second kappa shape index (κ2) is 6.66. The number of carbonyl (C=O) groups is 1. The monoisotopic (exact) mass is 321 g/mol. The Kier molecular flexibility index (Phi) is 4.88. The normalized spacial score (nSPS) is 10.6. The quantitative estimate of drug-likeness (QED) is 0.869. The van der Waals surface area contributed by atoms with Crippen LogP contribution in [0.2, 0.25) is 5.02 Å². The van der Waals surface area contributed by atoms with Crippen LogP contribution < -0.4 is 10.2 Å². The second-order valence-electron chi connectivity index (χ2n) is 4.99. The Bertz CT molecular complexity index is 735. The van der Waals surface area contributed by atoms with Crippen molar-refractivity contribution < 1.29 is 14.3 Å². The van der Waals surface area contributed by atoms with E-state index < -0.39 is 6.16 Å². The largest absolute Gasteiger partial charge is 0.513 e. The van der Waals surface area contributed by atoms with Crippen molar-refractivity contribution in [3.05, 3.63) is 51.4 Å². The van der Waals surface area contributed by atoms with Crippen LogP contribution in [0.25, 0.3) is 11.1 Å². The van der Waals surface area contributed by atoms with E-state index in [9.17, 15) is 9.59 Å². The number of benzene rings is 1. The molecular formula is C16H16ClNO4. The van der Waals surface area contributed by atoms with Gasteiger partial charge in [-0.1, -0.05) is 37.6 Å². The minimum absolute atomic E-state index is 0.0216. The lowest BCUT2D eigenvalue weighted by Crippen LogP contribution is -2.19. The van der Waals surface area contributed by atoms with Crippen molar-refractivity contribution in [3.63, 3.8) is 0 Å². The molecule has 0 unspecified atom stereocenters. The topological polar surface area (TPSA) is 68.4 Å². The molecule has 1 heterocycles. The highest BCUT2D eigenvalue weighted by molar-refractivity contribution is 6.30. The predicted octanol–water partition coefficient (Wildman–Crippen LogP) is 3.96. The molecule has 116 valence electrons. The number of halogens is 1. The van der Waals surface area contributed by atoms with Gasteiger partial charge in [-0.15, -0.1) is 0 Å². The van der Waals surface area contributed by atoms with E-state index in [0.717, 1.165) is 0 Å². The summed E-state index contributed by atoms with van der Waals surface area (Å²) >= 11 is 5.85. The molecular weight excluding hydrogens is 306 g/mol. The van der Waals surface area contributed by atoms with Gasteiger partial charge in [0.15, 0.2) is 0 Å². The number of carbonyl (C=O) groups excluding carboxylic acids is 1. The van der Waals surface area contributed by atoms with E-state index >= 15 is 0 Å². The smallest absolute Gasteiger partial charge is 0.437 e. The third kappa shape index (κ3) is 3.31. The maximum absolute atomic E-state index is 12.6. The predicted molar refractivity (Wildman–Crippen MR) is 84.6 cm³/mol. The first-order valence-electron chi connectivity index (χ1n) is 6.71. The molecule has 2 rings (SSSR count). The maximum atomic E-state index is 12.6. The summed E-state index contributed by atoms with van der Waals surface area (Å²) < 4.78 is 9.52. The van der Waals surface area contributed by atoms with Crippen LogP contribution in [0.3, 0.4) is 0 Å². The fourth-order valence-corrected chi connectivity index (χ4v) is 2.15. The summed E-state index contributed by atoms with van der Waals surface area (Å²) in [5.41, 5.74) is 1.22. The van der Waals surface area contributed by atoms with E-state index in [-0.39, 0.29) is 17.1 Å². The Morgan fingerprint density at radius 2 is 1.86 bits per heavy atom. The summed E-state index contributed by atoms with van der Waals surface area (Å²) in [5, 5.41) is 0.574. The van der Waals surface area contributed by atoms with Crippen molar-refractivity contribution >= 4 is 17.8 Å². The van der Waals surface area contributed by atoms with Gasteiger partial charge in [0.1, 0.15) is 0 Å². The number of hydrogen-bond donors (Lipinski definition) is 1. The zero-order chi connectivity index (χ0) is 16.3. The molecule has 2 aromatic rings. The van der Waals surface area contributed by atoms with Crippen molar-refractivity contribution in [2.45, 2.75) is 19.8 Å². The lowest BCUT2D eigenvalue weighted by molar-refractivity contribution is 0.120. The third-order valence-electron chi connectivity index (χ3n) is 3.15. The van der Waals surface area contributed by atoms with Gasteiger partial charge >= 0.3 is 6.16 Å². The van der Waals surface area contributed by atoms with Gasteiger partial charge in [0.2, 0.25) is 11.2 Å². The molecule has 1 aromatic heterocycles. The van der Waals surface area contributed by atoms with E-state index in [2.05, 4.69) is 9.72 Å². The van der Waals surface area contributed by atoms with Gasteiger partial charge in [0.05, 0.1) is 12.8 Å². The molecule has 5 nitrogen and oxygen atoms in total. The molecule has 1 aromatic carbocycles. The molecule has 0 radical (unpaired) electrons. The molecule has 0 aliphatic heterocycles. The Morgan fingerprint density at radius 1 is 1.23 bits per heavy atom. The van der Waals surface area contributed by atoms with E-state index in [1.165, 1.54) is 7.11 Å². The molecule has 0 amide bonds. The summed E-state index contributed by atoms with van der Waals surface area (Å²) in [7, 11) is 1.19. The molecule has 0 fully saturated rings. The van der Waals surface area contributed by atoms with Crippen molar-refractivity contribution in [2.75, 3.05) is 7.11 Å². The number of nitrogens with one attached hydrogen (secondary N) is 1. The number of H-pyrrole nitrogens is 1. The molecule has 0 saturated heterocycles. The Morgan fingerprint density at radius 3 is 2.41 bits per heavy atom. The summed E-state index contributed by atoms with van der Waals surface area (Å²) in [6.45, 7) is 3.77. The summed E-state index contributed by atoms with van der Waals surface area (Å²) in [6.07, 6.45) is 0.672. The number of rotatable bonds is 3. The van der Waals surface area contributed by atoms with Crippen LogP contribution in [-0.2, 0) is 4.74 Å². The second-order valence-corrected chi connectivity index (χ2v) is 5.43. The Hall–Kier alpha value is -2.27. The van der Waals surface area contributed by atoms with Gasteiger partial charge in [-0.3, -0.25) is 4.79 Å². The minimum Gasteiger partial charge on any atom is -0.437 e. The molecule has 0 aliphatic rings. The van der Waals surface area contributed by atoms with Crippen LogP contribution >= 0.6 is 11.6 Å². The van der Waals surface area contributed by atoms with Gasteiger partial charge < -0.3 is 14.5 Å². The maximum Gasteiger partial charge on any atom is 0.513 e. The zero-order valence-corrected chi connectivity index (χ0v) is 13.2. The van der Waals surface area contributed by atoms with E-state index in [4.69, 9.17) is 16.3 Å². The first kappa shape index (κ1) is 16.1. The molecule has 0 saturated carbocycles. The van der Waals surface area contributed by atoms with Crippen molar-refractivity contribution in [1.82, 2.24) is 4.98 Å². The molecule has 0 atom stereocenters. The average Bonchev–Trinajstić information content (AvgIpc) is 2.49. The highest BCUT2D eigenvalue weighted by atomic mass is 35.5. The number of aromatic nitrogens is 1. The van der Waals surface area contributed by atoms with Crippen molar-refractivity contribution in [2.24, 2.45) is 0 Å². The van der Waals surface area contributed by atoms with Crippen LogP contribution in [0.5, 0.6) is 5.75 Å². The van der Waals surface area contributed by atoms with E-state index in [1.807, 2.05) is 13.8 Å². The molecule has 0 spiro atoms. The van der Waals surface area contributed by atoms with Crippen molar-refractivity contribution in [3.8, 4) is 16.9 Å². The number of methoxy groups -OCH3 is 1. The first-order valence-corrected chi connectivity index (χ1v) is 7.09. The fraction of sp³-hybridized carbons (Fsp3) is 0.250. The molecule has 1 N–H and O–H groups in total. The zero-order valence-electron chi connectivity index (χ0n) is 12.5. The lowest BCUT2D eigenvalue weighted by atomic mass is 10.0. The molecule has 0 bridgehead atoms. The number of pyridine rings is 1. The van der Waals surface area contributed by atoms with Crippen LogP contribution in [0.15, 0.2) is 35.3 Å². The van der Waals surface area contributed by atoms with Gasteiger partial charge in [-0.05, 0) is 23.6 Å². The van der Waals surface area contributed by atoms with Crippen LogP contribution in [0, 0.1) is 0 Å². The fourth-order valence-electron chi connectivity index (χ4n) is 2.02. The molecule has 22 heavy (non-hydrogen) atoms. The highest BCUT2D eigenvalue weighted by Gasteiger charge is 2.19. The van der Waals surface area contributed by atoms with Crippen molar-refractivity contribution in [1.29, 1.82) is 0 Å². The summed E-state index contributed by atoms with van der Waals surface area (Å²) in [4.78, 5) is 27.1.